The average Bonchev–Trinajstić information content (AvgIpc) is 2.60. The number of rotatable bonds is 5. The first-order valence-electron chi connectivity index (χ1n) is 7.05. The number of aliphatic carboxylic acids is 1. The van der Waals surface area contributed by atoms with E-state index in [0.717, 1.165) is 17.2 Å². The third-order valence-corrected chi connectivity index (χ3v) is 3.09. The summed E-state index contributed by atoms with van der Waals surface area (Å²) >= 11 is 5.69. The van der Waals surface area contributed by atoms with Gasteiger partial charge in [-0.05, 0) is 16.7 Å². The molecule has 0 aromatic heterocycles. The van der Waals surface area contributed by atoms with Crippen molar-refractivity contribution in [3.05, 3.63) is 96.1 Å². The van der Waals surface area contributed by atoms with E-state index in [1.165, 1.54) is 11.6 Å². The molecule has 2 aromatic rings. The Labute approximate surface area is 142 Å². The molecule has 0 saturated heterocycles. The zero-order valence-corrected chi connectivity index (χ0v) is 13.5. The number of allylic oxidation sites excluding steroid dienone is 2. The predicted molar refractivity (Wildman–Crippen MR) is 98.4 cm³/mol. The summed E-state index contributed by atoms with van der Waals surface area (Å²) in [5.74, 6) is -0.683. The third-order valence-electron chi connectivity index (χ3n) is 2.78. The molecule has 0 radical (unpaired) electrons. The second-order valence-electron chi connectivity index (χ2n) is 4.55. The minimum Gasteiger partial charge on any atom is -0.478 e. The highest BCUT2D eigenvalue weighted by atomic mass is 35.5. The van der Waals surface area contributed by atoms with Gasteiger partial charge in [-0.1, -0.05) is 85.5 Å². The van der Waals surface area contributed by atoms with Crippen LogP contribution in [0.3, 0.4) is 0 Å². The lowest BCUT2D eigenvalue weighted by Crippen LogP contribution is -1.88. The zero-order chi connectivity index (χ0) is 16.9. The summed E-state index contributed by atoms with van der Waals surface area (Å²) in [5, 5.41) is 8.47. The van der Waals surface area contributed by atoms with E-state index in [4.69, 9.17) is 16.7 Å². The maximum absolute atomic E-state index is 10.3. The van der Waals surface area contributed by atoms with Crippen LogP contribution in [0.25, 0.3) is 12.2 Å². The van der Waals surface area contributed by atoms with Gasteiger partial charge in [-0.15, -0.1) is 11.6 Å². The topological polar surface area (TPSA) is 37.3 Å². The second kappa shape index (κ2) is 11.0. The number of benzene rings is 2. The number of carboxylic acid groups (broad SMARTS) is 1. The fraction of sp³-hybridized carbons (Fsp3) is 0.0500. The van der Waals surface area contributed by atoms with Gasteiger partial charge in [0.15, 0.2) is 0 Å². The molecule has 2 rings (SSSR count). The van der Waals surface area contributed by atoms with Crippen LogP contribution in [-0.4, -0.2) is 17.0 Å². The minimum atomic E-state index is -0.973. The smallest absolute Gasteiger partial charge is 0.328 e. The van der Waals surface area contributed by atoms with Crippen molar-refractivity contribution < 1.29 is 9.90 Å². The van der Waals surface area contributed by atoms with E-state index in [2.05, 4.69) is 6.58 Å². The van der Waals surface area contributed by atoms with Crippen LogP contribution >= 0.6 is 11.6 Å². The van der Waals surface area contributed by atoms with Crippen LogP contribution in [0, 0.1) is 0 Å². The van der Waals surface area contributed by atoms with Crippen LogP contribution in [-0.2, 0) is 4.79 Å². The Morgan fingerprint density at radius 3 is 1.87 bits per heavy atom. The van der Waals surface area contributed by atoms with Gasteiger partial charge in [0, 0.05) is 12.0 Å². The second-order valence-corrected chi connectivity index (χ2v) is 4.82. The molecule has 0 aliphatic heterocycles. The highest BCUT2D eigenvalue weighted by molar-refractivity contribution is 6.20. The summed E-state index contributed by atoms with van der Waals surface area (Å²) in [6.45, 7) is 3.63. The molecular formula is C20H19ClO2. The standard InChI is InChI=1S/C12H11ClO2.C8H8/c13-9-11(6-7-12(14)15)8-10-4-2-1-3-5-10;1-2-8-6-4-3-5-7-8/h1-8H,9H2,(H,14,15);2-7H,1H2. The molecule has 0 bridgehead atoms. The molecule has 0 amide bonds. The Balaban J connectivity index is 0.000000277. The largest absolute Gasteiger partial charge is 0.478 e. The van der Waals surface area contributed by atoms with Crippen LogP contribution in [0.1, 0.15) is 11.1 Å². The van der Waals surface area contributed by atoms with Crippen LogP contribution < -0.4 is 0 Å². The van der Waals surface area contributed by atoms with Crippen LogP contribution in [0.15, 0.2) is 85.0 Å². The van der Waals surface area contributed by atoms with Gasteiger partial charge in [-0.3, -0.25) is 0 Å². The third kappa shape index (κ3) is 8.44. The molecule has 1 N–H and O–H groups in total. The molecule has 0 fully saturated rings. The highest BCUT2D eigenvalue weighted by Gasteiger charge is 1.93. The Morgan fingerprint density at radius 1 is 0.957 bits per heavy atom. The van der Waals surface area contributed by atoms with Crippen molar-refractivity contribution in [1.82, 2.24) is 0 Å². The Kier molecular flexibility index (Phi) is 8.87. The van der Waals surface area contributed by atoms with Crippen molar-refractivity contribution in [2.75, 3.05) is 5.88 Å². The first-order chi connectivity index (χ1) is 11.2. The fourth-order valence-electron chi connectivity index (χ4n) is 1.66. The van der Waals surface area contributed by atoms with Crippen molar-refractivity contribution in [1.29, 1.82) is 0 Å². The molecule has 0 spiro atoms. The van der Waals surface area contributed by atoms with Gasteiger partial charge in [0.25, 0.3) is 0 Å². The molecule has 0 heterocycles. The maximum Gasteiger partial charge on any atom is 0.328 e. The van der Waals surface area contributed by atoms with Gasteiger partial charge in [-0.25, -0.2) is 4.79 Å². The molecule has 0 atom stereocenters. The Hall–Kier alpha value is -2.58. The van der Waals surface area contributed by atoms with Gasteiger partial charge in [0.1, 0.15) is 0 Å². The molecule has 23 heavy (non-hydrogen) atoms. The van der Waals surface area contributed by atoms with E-state index in [0.29, 0.717) is 5.88 Å². The molecular weight excluding hydrogens is 308 g/mol. The van der Waals surface area contributed by atoms with E-state index < -0.39 is 5.97 Å². The number of carboxylic acids is 1. The highest BCUT2D eigenvalue weighted by Crippen LogP contribution is 2.09. The van der Waals surface area contributed by atoms with Gasteiger partial charge >= 0.3 is 5.97 Å². The molecule has 3 heteroatoms. The van der Waals surface area contributed by atoms with Gasteiger partial charge in [0.2, 0.25) is 0 Å². The lowest BCUT2D eigenvalue weighted by Gasteiger charge is -1.96. The SMILES string of the molecule is C=Cc1ccccc1.O=C(O)C=CC(=Cc1ccccc1)CCl. The number of hydrogen-bond acceptors (Lipinski definition) is 1. The van der Waals surface area contributed by atoms with Crippen molar-refractivity contribution in [2.24, 2.45) is 0 Å². The lowest BCUT2D eigenvalue weighted by atomic mass is 10.1. The maximum atomic E-state index is 10.3. The van der Waals surface area contributed by atoms with Gasteiger partial charge in [-0.2, -0.15) is 0 Å². The summed E-state index contributed by atoms with van der Waals surface area (Å²) in [6.07, 6.45) is 6.27. The molecule has 2 aromatic carbocycles. The normalized spacial score (nSPS) is 10.7. The summed E-state index contributed by atoms with van der Waals surface area (Å²) in [5.41, 5.74) is 2.95. The number of hydrogen-bond donors (Lipinski definition) is 1. The van der Waals surface area contributed by atoms with Crippen LogP contribution in [0.5, 0.6) is 0 Å². The first kappa shape index (κ1) is 18.5. The van der Waals surface area contributed by atoms with Crippen LogP contribution in [0.2, 0.25) is 0 Å². The summed E-state index contributed by atoms with van der Waals surface area (Å²) in [6, 6.07) is 19.6. The quantitative estimate of drug-likeness (QED) is 0.461. The fourth-order valence-corrected chi connectivity index (χ4v) is 1.83. The van der Waals surface area contributed by atoms with Crippen molar-refractivity contribution in [2.45, 2.75) is 0 Å². The predicted octanol–water partition coefficient (Wildman–Crippen LogP) is 5.28. The Morgan fingerprint density at radius 2 is 1.48 bits per heavy atom. The molecule has 2 nitrogen and oxygen atoms in total. The Bertz CT molecular complexity index is 659. The van der Waals surface area contributed by atoms with E-state index in [1.807, 2.05) is 72.8 Å². The first-order valence-corrected chi connectivity index (χ1v) is 7.59. The van der Waals surface area contributed by atoms with Crippen molar-refractivity contribution >= 4 is 29.7 Å². The number of halogens is 1. The molecule has 0 aliphatic rings. The zero-order valence-electron chi connectivity index (χ0n) is 12.7. The van der Waals surface area contributed by atoms with Crippen molar-refractivity contribution in [3.8, 4) is 0 Å². The molecule has 0 unspecified atom stereocenters. The van der Waals surface area contributed by atoms with E-state index in [1.54, 1.807) is 0 Å². The summed E-state index contributed by atoms with van der Waals surface area (Å²) in [4.78, 5) is 10.3. The van der Waals surface area contributed by atoms with Gasteiger partial charge in [0.05, 0.1) is 0 Å². The summed E-state index contributed by atoms with van der Waals surface area (Å²) < 4.78 is 0. The minimum absolute atomic E-state index is 0.290. The van der Waals surface area contributed by atoms with Crippen molar-refractivity contribution in [3.63, 3.8) is 0 Å². The molecule has 0 aliphatic carbocycles. The molecule has 0 saturated carbocycles. The molecule has 118 valence electrons. The lowest BCUT2D eigenvalue weighted by molar-refractivity contribution is -0.131. The summed E-state index contributed by atoms with van der Waals surface area (Å²) in [7, 11) is 0. The average molecular weight is 327 g/mol. The van der Waals surface area contributed by atoms with Crippen LogP contribution in [0.4, 0.5) is 0 Å². The van der Waals surface area contributed by atoms with E-state index in [9.17, 15) is 4.79 Å². The van der Waals surface area contributed by atoms with Gasteiger partial charge < -0.3 is 5.11 Å². The number of alkyl halides is 1. The van der Waals surface area contributed by atoms with E-state index >= 15 is 0 Å². The number of carbonyl (C=O) groups is 1. The van der Waals surface area contributed by atoms with E-state index in [-0.39, 0.29) is 0 Å². The monoisotopic (exact) mass is 326 g/mol.